The molecule has 3 rings (SSSR count). The van der Waals surface area contributed by atoms with Gasteiger partial charge >= 0.3 is 0 Å². The van der Waals surface area contributed by atoms with Gasteiger partial charge in [-0.1, -0.05) is 12.1 Å². The van der Waals surface area contributed by atoms with E-state index in [2.05, 4.69) is 21.0 Å². The zero-order valence-corrected chi connectivity index (χ0v) is 11.5. The van der Waals surface area contributed by atoms with Crippen LogP contribution in [0, 0.1) is 18.3 Å². The van der Waals surface area contributed by atoms with Crippen molar-refractivity contribution in [2.24, 2.45) is 0 Å². The lowest BCUT2D eigenvalue weighted by molar-refractivity contribution is 1.11. The monoisotopic (exact) mass is 272 g/mol. The lowest BCUT2D eigenvalue weighted by Crippen LogP contribution is -1.95. The minimum atomic E-state index is 0.630. The molecule has 2 heterocycles. The third-order valence-electron chi connectivity index (χ3n) is 3.22. The van der Waals surface area contributed by atoms with E-state index in [1.54, 1.807) is 24.7 Å². The molecular formula is C17H12N4. The van der Waals surface area contributed by atoms with Crippen LogP contribution in [0.4, 0.5) is 0 Å². The van der Waals surface area contributed by atoms with Crippen molar-refractivity contribution < 1.29 is 0 Å². The summed E-state index contributed by atoms with van der Waals surface area (Å²) in [4.78, 5) is 13.0. The Labute approximate surface area is 122 Å². The van der Waals surface area contributed by atoms with Gasteiger partial charge in [0.2, 0.25) is 0 Å². The van der Waals surface area contributed by atoms with Gasteiger partial charge in [0.05, 0.1) is 11.6 Å². The van der Waals surface area contributed by atoms with E-state index in [1.807, 2.05) is 37.3 Å². The SMILES string of the molecule is Cc1nc(-c2ccncc2)ncc1-c1cccc(C#N)c1. The molecule has 0 spiro atoms. The largest absolute Gasteiger partial charge is 0.265 e. The summed E-state index contributed by atoms with van der Waals surface area (Å²) in [6.45, 7) is 1.95. The summed E-state index contributed by atoms with van der Waals surface area (Å²) in [5, 5.41) is 8.98. The van der Waals surface area contributed by atoms with E-state index < -0.39 is 0 Å². The number of hydrogen-bond donors (Lipinski definition) is 0. The van der Waals surface area contributed by atoms with Gasteiger partial charge in [-0.3, -0.25) is 4.98 Å². The number of nitrogens with zero attached hydrogens (tertiary/aromatic N) is 4. The van der Waals surface area contributed by atoms with Crippen LogP contribution in [0.5, 0.6) is 0 Å². The molecule has 4 nitrogen and oxygen atoms in total. The Balaban J connectivity index is 2.04. The Morgan fingerprint density at radius 3 is 2.57 bits per heavy atom. The molecule has 100 valence electrons. The first-order chi connectivity index (χ1) is 10.3. The van der Waals surface area contributed by atoms with Gasteiger partial charge in [-0.05, 0) is 36.8 Å². The van der Waals surface area contributed by atoms with Crippen molar-refractivity contribution in [1.82, 2.24) is 15.0 Å². The first-order valence-electron chi connectivity index (χ1n) is 6.52. The summed E-state index contributed by atoms with van der Waals surface area (Å²) in [6.07, 6.45) is 5.24. The van der Waals surface area contributed by atoms with Crippen molar-refractivity contribution in [3.8, 4) is 28.6 Å². The third-order valence-corrected chi connectivity index (χ3v) is 3.22. The highest BCUT2D eigenvalue weighted by molar-refractivity contribution is 5.68. The normalized spacial score (nSPS) is 10.1. The van der Waals surface area contributed by atoms with E-state index in [0.717, 1.165) is 22.4 Å². The van der Waals surface area contributed by atoms with Gasteiger partial charge in [0.15, 0.2) is 5.82 Å². The van der Waals surface area contributed by atoms with Crippen molar-refractivity contribution in [3.05, 3.63) is 66.2 Å². The molecule has 0 fully saturated rings. The van der Waals surface area contributed by atoms with Crippen molar-refractivity contribution in [2.45, 2.75) is 6.92 Å². The zero-order chi connectivity index (χ0) is 14.7. The Bertz CT molecular complexity index is 820. The average Bonchev–Trinajstić information content (AvgIpc) is 2.55. The highest BCUT2D eigenvalue weighted by atomic mass is 14.9. The molecule has 0 N–H and O–H groups in total. The van der Waals surface area contributed by atoms with Gasteiger partial charge < -0.3 is 0 Å². The summed E-state index contributed by atoms with van der Waals surface area (Å²) in [7, 11) is 0. The summed E-state index contributed by atoms with van der Waals surface area (Å²) >= 11 is 0. The Hall–Kier alpha value is -3.06. The van der Waals surface area contributed by atoms with Crippen LogP contribution in [0.1, 0.15) is 11.3 Å². The maximum absolute atomic E-state index is 8.98. The number of benzene rings is 1. The lowest BCUT2D eigenvalue weighted by atomic mass is 10.0. The number of nitriles is 1. The fraction of sp³-hybridized carbons (Fsp3) is 0.0588. The van der Waals surface area contributed by atoms with Gasteiger partial charge in [0.25, 0.3) is 0 Å². The van der Waals surface area contributed by atoms with Crippen LogP contribution in [0.15, 0.2) is 55.0 Å². The first-order valence-corrected chi connectivity index (χ1v) is 6.52. The summed E-state index contributed by atoms with van der Waals surface area (Å²) < 4.78 is 0. The van der Waals surface area contributed by atoms with Gasteiger partial charge in [-0.2, -0.15) is 5.26 Å². The minimum absolute atomic E-state index is 0.630. The number of aryl methyl sites for hydroxylation is 1. The van der Waals surface area contributed by atoms with Crippen LogP contribution < -0.4 is 0 Å². The Morgan fingerprint density at radius 2 is 1.86 bits per heavy atom. The summed E-state index contributed by atoms with van der Waals surface area (Å²) in [5.74, 6) is 0.676. The number of rotatable bonds is 2. The smallest absolute Gasteiger partial charge is 0.159 e. The van der Waals surface area contributed by atoms with Crippen molar-refractivity contribution in [3.63, 3.8) is 0 Å². The molecule has 21 heavy (non-hydrogen) atoms. The molecule has 4 heteroatoms. The molecule has 0 saturated heterocycles. The lowest BCUT2D eigenvalue weighted by Gasteiger charge is -2.07. The molecule has 0 unspecified atom stereocenters. The maximum atomic E-state index is 8.98. The second kappa shape index (κ2) is 5.51. The second-order valence-electron chi connectivity index (χ2n) is 4.62. The van der Waals surface area contributed by atoms with Crippen LogP contribution in [-0.2, 0) is 0 Å². The van der Waals surface area contributed by atoms with Crippen molar-refractivity contribution >= 4 is 0 Å². The van der Waals surface area contributed by atoms with E-state index in [4.69, 9.17) is 5.26 Å². The Kier molecular flexibility index (Phi) is 3.40. The average molecular weight is 272 g/mol. The van der Waals surface area contributed by atoms with Gasteiger partial charge in [0.1, 0.15) is 0 Å². The van der Waals surface area contributed by atoms with Gasteiger partial charge in [0, 0.05) is 35.4 Å². The fourth-order valence-corrected chi connectivity index (χ4v) is 2.15. The maximum Gasteiger partial charge on any atom is 0.159 e. The molecule has 1 aromatic carbocycles. The van der Waals surface area contributed by atoms with Gasteiger partial charge in [-0.15, -0.1) is 0 Å². The van der Waals surface area contributed by atoms with E-state index >= 15 is 0 Å². The number of aromatic nitrogens is 3. The van der Waals surface area contributed by atoms with E-state index in [0.29, 0.717) is 11.4 Å². The number of pyridine rings is 1. The highest BCUT2D eigenvalue weighted by Gasteiger charge is 2.08. The van der Waals surface area contributed by atoms with Crippen LogP contribution in [0.3, 0.4) is 0 Å². The molecule has 0 aliphatic carbocycles. The predicted molar refractivity (Wildman–Crippen MR) is 80.2 cm³/mol. The van der Waals surface area contributed by atoms with Crippen molar-refractivity contribution in [1.29, 1.82) is 5.26 Å². The second-order valence-corrected chi connectivity index (χ2v) is 4.62. The van der Waals surface area contributed by atoms with E-state index in [9.17, 15) is 0 Å². The highest BCUT2D eigenvalue weighted by Crippen LogP contribution is 2.24. The number of hydrogen-bond acceptors (Lipinski definition) is 4. The minimum Gasteiger partial charge on any atom is -0.265 e. The molecule has 0 atom stereocenters. The molecule has 0 aliphatic heterocycles. The van der Waals surface area contributed by atoms with Crippen LogP contribution in [-0.4, -0.2) is 15.0 Å². The van der Waals surface area contributed by atoms with Gasteiger partial charge in [-0.25, -0.2) is 9.97 Å². The van der Waals surface area contributed by atoms with Crippen LogP contribution in [0.2, 0.25) is 0 Å². The molecule has 3 aromatic rings. The Morgan fingerprint density at radius 1 is 1.05 bits per heavy atom. The standard InChI is InChI=1S/C17H12N4/c1-12-16(15-4-2-3-13(9-15)10-18)11-20-17(21-12)14-5-7-19-8-6-14/h2-9,11H,1H3. The first kappa shape index (κ1) is 12.9. The molecule has 0 amide bonds. The third kappa shape index (κ3) is 2.63. The quantitative estimate of drug-likeness (QED) is 0.717. The van der Waals surface area contributed by atoms with Crippen molar-refractivity contribution in [2.75, 3.05) is 0 Å². The molecule has 0 bridgehead atoms. The zero-order valence-electron chi connectivity index (χ0n) is 11.5. The van der Waals surface area contributed by atoms with Crippen LogP contribution >= 0.6 is 0 Å². The topological polar surface area (TPSA) is 62.5 Å². The van der Waals surface area contributed by atoms with E-state index in [1.165, 1.54) is 0 Å². The molecular weight excluding hydrogens is 260 g/mol. The summed E-state index contributed by atoms with van der Waals surface area (Å²) in [5.41, 5.74) is 4.33. The molecule has 0 radical (unpaired) electrons. The van der Waals surface area contributed by atoms with E-state index in [-0.39, 0.29) is 0 Å². The van der Waals surface area contributed by atoms with Crippen LogP contribution in [0.25, 0.3) is 22.5 Å². The molecule has 2 aromatic heterocycles. The predicted octanol–water partition coefficient (Wildman–Crippen LogP) is 3.39. The molecule has 0 saturated carbocycles. The molecule has 0 aliphatic rings. The fourth-order valence-electron chi connectivity index (χ4n) is 2.15. The summed E-state index contributed by atoms with van der Waals surface area (Å²) in [6, 6.07) is 13.4.